The van der Waals surface area contributed by atoms with E-state index in [-0.39, 0.29) is 23.1 Å². The minimum Gasteiger partial charge on any atom is -0.486 e. The smallest absolute Gasteiger partial charge is 0.225 e. The van der Waals surface area contributed by atoms with Gasteiger partial charge in [0.25, 0.3) is 0 Å². The molecular formula is C58H61ClN12O6. The summed E-state index contributed by atoms with van der Waals surface area (Å²) in [7, 11) is 0. The number of ether oxygens (including phenoxy) is 4. The van der Waals surface area contributed by atoms with E-state index in [0.29, 0.717) is 56.8 Å². The van der Waals surface area contributed by atoms with Gasteiger partial charge in [-0.05, 0) is 167 Å². The molecule has 2 atom stereocenters. The van der Waals surface area contributed by atoms with Gasteiger partial charge >= 0.3 is 0 Å². The van der Waals surface area contributed by atoms with Crippen LogP contribution in [0.5, 0.6) is 23.0 Å². The maximum absolute atomic E-state index is 12.6. The van der Waals surface area contributed by atoms with E-state index in [1.807, 2.05) is 59.5 Å². The highest BCUT2D eigenvalue weighted by Gasteiger charge is 2.36. The Hall–Kier alpha value is -7.83. The number of likely N-dealkylation sites (tertiary alicyclic amines) is 1. The third-order valence-corrected chi connectivity index (χ3v) is 14.8. The van der Waals surface area contributed by atoms with E-state index in [0.717, 1.165) is 162 Å². The molecule has 0 bridgehead atoms. The first-order chi connectivity index (χ1) is 37.7. The normalized spacial score (nSPS) is 18.6. The lowest BCUT2D eigenvalue weighted by Crippen LogP contribution is -2.45. The van der Waals surface area contributed by atoms with Crippen LogP contribution in [0.25, 0.3) is 56.5 Å². The molecular weight excluding hydrogens is 996 g/mol. The number of hydrogen-bond donors (Lipinski definition) is 3. The lowest BCUT2D eigenvalue weighted by atomic mass is 10.1. The fourth-order valence-electron chi connectivity index (χ4n) is 10.2. The number of rotatable bonds is 10. The first-order valence-electron chi connectivity index (χ1n) is 26.8. The highest BCUT2D eigenvalue weighted by Crippen LogP contribution is 2.39. The van der Waals surface area contributed by atoms with Crippen LogP contribution in [0.3, 0.4) is 0 Å². The molecule has 4 aliphatic heterocycles. The summed E-state index contributed by atoms with van der Waals surface area (Å²) >= 11 is 5.04. The zero-order valence-corrected chi connectivity index (χ0v) is 44.0. The van der Waals surface area contributed by atoms with Crippen molar-refractivity contribution in [2.45, 2.75) is 77.3 Å². The molecule has 8 heterocycles. The van der Waals surface area contributed by atoms with Gasteiger partial charge in [0.05, 0.1) is 22.1 Å². The van der Waals surface area contributed by atoms with E-state index < -0.39 is 0 Å². The van der Waals surface area contributed by atoms with Crippen LogP contribution in [-0.4, -0.2) is 120 Å². The quantitative estimate of drug-likeness (QED) is 0.110. The zero-order valence-electron chi connectivity index (χ0n) is 43.2. The minimum atomic E-state index is -0.157. The van der Waals surface area contributed by atoms with Crippen LogP contribution in [0, 0.1) is 25.7 Å². The molecule has 3 N–H and O–H groups in total. The van der Waals surface area contributed by atoms with E-state index in [9.17, 15) is 9.59 Å². The summed E-state index contributed by atoms with van der Waals surface area (Å²) in [5, 5.41) is 10.3. The third kappa shape index (κ3) is 11.3. The Morgan fingerprint density at radius 3 is 1.60 bits per heavy atom. The van der Waals surface area contributed by atoms with Crippen molar-refractivity contribution < 1.29 is 28.5 Å². The van der Waals surface area contributed by atoms with Crippen LogP contribution in [0.2, 0.25) is 0 Å². The average Bonchev–Trinajstić information content (AvgIpc) is 4.43. The molecule has 0 unspecified atom stereocenters. The molecule has 2 saturated carbocycles. The number of carbonyl (C=O) groups excluding carboxylic acids is 2. The maximum atomic E-state index is 12.6. The van der Waals surface area contributed by atoms with Crippen molar-refractivity contribution in [2.75, 3.05) is 63.2 Å². The predicted octanol–water partition coefficient (Wildman–Crippen LogP) is 9.26. The van der Waals surface area contributed by atoms with Crippen LogP contribution >= 0.6 is 11.6 Å². The predicted molar refractivity (Wildman–Crippen MR) is 295 cm³/mol. The van der Waals surface area contributed by atoms with Crippen molar-refractivity contribution in [1.82, 2.24) is 49.3 Å². The van der Waals surface area contributed by atoms with Crippen LogP contribution in [0.4, 0.5) is 11.9 Å². The molecule has 2 saturated heterocycles. The number of imidazole rings is 2. The van der Waals surface area contributed by atoms with E-state index in [2.05, 4.69) is 79.2 Å². The van der Waals surface area contributed by atoms with Crippen molar-refractivity contribution >= 4 is 56.7 Å². The van der Waals surface area contributed by atoms with Gasteiger partial charge < -0.3 is 39.8 Å². The molecule has 14 rings (SSSR count). The van der Waals surface area contributed by atoms with Gasteiger partial charge in [0.2, 0.25) is 23.0 Å². The molecule has 396 valence electrons. The first kappa shape index (κ1) is 50.0. The summed E-state index contributed by atoms with van der Waals surface area (Å²) < 4.78 is 27.3. The first-order valence-corrected chi connectivity index (χ1v) is 27.2. The molecule has 4 fully saturated rings. The van der Waals surface area contributed by atoms with Crippen molar-refractivity contribution in [3.8, 4) is 57.4 Å². The SMILES string of the molecule is Cc1ccc2nc(-c3ccc4c(c3)OCCO4)n(-c3ccnc(N[C@H]4CCCN(C(=O)C5CC5)C4)n3)c2c1.Cc1ccc2nc(-c3ccc4c(c3)OCCO4)n(-c3ccnc(N[C@H]4CCCNC4)n3)c2c1.O=C(Cl)C1CC1. The van der Waals surface area contributed by atoms with Crippen molar-refractivity contribution in [3.05, 3.63) is 108 Å². The number of fused-ring (bicyclic) bond motifs is 4. The Balaban J connectivity index is 0.000000141. The summed E-state index contributed by atoms with van der Waals surface area (Å²) in [6.07, 6.45) is 11.9. The second-order valence-corrected chi connectivity index (χ2v) is 20.9. The van der Waals surface area contributed by atoms with Gasteiger partial charge in [-0.2, -0.15) is 9.97 Å². The standard InChI is InChI=1S/C29H30N6O3.C25H26N6O2.C4H5ClO/c1-18-4-8-22-23(15-18)35(27(32-22)20-7-9-24-25(16-20)38-14-13-37-24)26-10-11-30-29(33-26)31-21-3-2-12-34(17-21)28(36)19-5-6-19;1-16-4-6-19-20(13-16)31(23-8-10-27-25(30-23)28-18-3-2-9-26-15-18)24(29-19)17-5-7-21-22(14-17)33-12-11-32-21;5-4(6)3-1-2-3/h4,7-11,15-16,19,21H,2-3,5-6,12-14,17H2,1H3,(H,30,31,33);4-8,10,13-14,18,26H,2-3,9,11-12,15H2,1H3,(H,27,28,30);3H,1-2H2/t21-;18-;/m00./s1. The summed E-state index contributed by atoms with van der Waals surface area (Å²) in [5.41, 5.74) is 7.93. The van der Waals surface area contributed by atoms with E-state index in [4.69, 9.17) is 50.5 Å². The van der Waals surface area contributed by atoms with E-state index >= 15 is 0 Å². The zero-order chi connectivity index (χ0) is 52.4. The van der Waals surface area contributed by atoms with Crippen molar-refractivity contribution in [1.29, 1.82) is 0 Å². The van der Waals surface area contributed by atoms with Crippen molar-refractivity contribution in [2.24, 2.45) is 11.8 Å². The number of nitrogens with one attached hydrogen (secondary N) is 3. The fourth-order valence-corrected chi connectivity index (χ4v) is 10.4. The monoisotopic (exact) mass is 1060 g/mol. The number of amides is 1. The Kier molecular flexibility index (Phi) is 14.3. The average molecular weight is 1060 g/mol. The van der Waals surface area contributed by atoms with E-state index in [1.165, 1.54) is 0 Å². The highest BCUT2D eigenvalue weighted by atomic mass is 35.5. The van der Waals surface area contributed by atoms with Gasteiger partial charge in [0.15, 0.2) is 23.0 Å². The van der Waals surface area contributed by atoms with Gasteiger partial charge in [-0.25, -0.2) is 19.9 Å². The summed E-state index contributed by atoms with van der Waals surface area (Å²) in [6, 6.07) is 28.7. The Morgan fingerprint density at radius 1 is 0.584 bits per heavy atom. The summed E-state index contributed by atoms with van der Waals surface area (Å²) in [5.74, 6) is 7.98. The van der Waals surface area contributed by atoms with Crippen molar-refractivity contribution in [3.63, 3.8) is 0 Å². The van der Waals surface area contributed by atoms with Crippen LogP contribution in [0.1, 0.15) is 62.5 Å². The number of nitrogens with zero attached hydrogens (tertiary/aromatic N) is 9. The summed E-state index contributed by atoms with van der Waals surface area (Å²) in [6.45, 7) is 9.87. The third-order valence-electron chi connectivity index (χ3n) is 14.5. The molecule has 0 spiro atoms. The highest BCUT2D eigenvalue weighted by molar-refractivity contribution is 6.64. The van der Waals surface area contributed by atoms with Gasteiger partial charge in [0, 0.05) is 67.1 Å². The lowest BCUT2D eigenvalue weighted by molar-refractivity contribution is -0.133. The van der Waals surface area contributed by atoms with Crippen LogP contribution < -0.4 is 34.9 Å². The number of carbonyl (C=O) groups is 2. The number of anilines is 2. The molecule has 4 aromatic heterocycles. The molecule has 18 nitrogen and oxygen atoms in total. The number of benzene rings is 4. The lowest BCUT2D eigenvalue weighted by Gasteiger charge is -2.33. The second kappa shape index (κ2) is 22.0. The number of aromatic nitrogens is 8. The number of aryl methyl sites for hydroxylation is 2. The van der Waals surface area contributed by atoms with Gasteiger partial charge in [0.1, 0.15) is 49.7 Å². The largest absolute Gasteiger partial charge is 0.486 e. The molecule has 19 heteroatoms. The minimum absolute atomic E-state index is 0.126. The second-order valence-electron chi connectivity index (χ2n) is 20.5. The number of halogens is 1. The molecule has 6 aliphatic rings. The molecule has 1 amide bonds. The molecule has 4 aromatic carbocycles. The fraction of sp³-hybridized carbons (Fsp3) is 0.379. The molecule has 8 aromatic rings. The van der Waals surface area contributed by atoms with Crippen LogP contribution in [-0.2, 0) is 9.59 Å². The number of hydrogen-bond acceptors (Lipinski definition) is 15. The maximum Gasteiger partial charge on any atom is 0.225 e. The van der Waals surface area contributed by atoms with Gasteiger partial charge in [-0.15, -0.1) is 0 Å². The van der Waals surface area contributed by atoms with Gasteiger partial charge in [-0.1, -0.05) is 12.1 Å². The van der Waals surface area contributed by atoms with Gasteiger partial charge in [-0.3, -0.25) is 18.7 Å². The molecule has 2 aliphatic carbocycles. The Morgan fingerprint density at radius 2 is 1.10 bits per heavy atom. The number of piperidine rings is 2. The Bertz CT molecular complexity index is 3480. The topological polar surface area (TPSA) is 198 Å². The van der Waals surface area contributed by atoms with E-state index in [1.54, 1.807) is 12.4 Å². The Labute approximate surface area is 450 Å². The molecule has 77 heavy (non-hydrogen) atoms. The molecule has 0 radical (unpaired) electrons. The summed E-state index contributed by atoms with van der Waals surface area (Å²) in [4.78, 5) is 53.4. The van der Waals surface area contributed by atoms with Crippen LogP contribution in [0.15, 0.2) is 97.3 Å².